The van der Waals surface area contributed by atoms with Gasteiger partial charge in [-0.15, -0.1) is 0 Å². The number of hydrogen-bond donors (Lipinski definition) is 2. The fourth-order valence-electron chi connectivity index (χ4n) is 3.39. The van der Waals surface area contributed by atoms with E-state index in [0.29, 0.717) is 24.1 Å². The van der Waals surface area contributed by atoms with Crippen molar-refractivity contribution in [3.05, 3.63) is 42.0 Å². The summed E-state index contributed by atoms with van der Waals surface area (Å²) in [6.07, 6.45) is 4.70. The Morgan fingerprint density at radius 1 is 1.03 bits per heavy atom. The van der Waals surface area contributed by atoms with E-state index in [9.17, 15) is 24.0 Å². The summed E-state index contributed by atoms with van der Waals surface area (Å²) in [7, 11) is 1.51. The van der Waals surface area contributed by atoms with Gasteiger partial charge in [-0.3, -0.25) is 28.9 Å². The molecule has 1 heterocycles. The van der Waals surface area contributed by atoms with E-state index in [1.807, 2.05) is 12.2 Å². The number of carbonyl (C=O) groups is 5. The van der Waals surface area contributed by atoms with Gasteiger partial charge in [-0.25, -0.2) is 0 Å². The molecule has 1 aromatic carbocycles. The Labute approximate surface area is 167 Å². The molecule has 2 aliphatic rings. The normalized spacial score (nSPS) is 20.2. The molecule has 1 fully saturated rings. The van der Waals surface area contributed by atoms with Crippen molar-refractivity contribution in [1.82, 2.24) is 10.2 Å². The van der Waals surface area contributed by atoms with E-state index in [-0.39, 0.29) is 17.7 Å². The van der Waals surface area contributed by atoms with Crippen LogP contribution in [-0.4, -0.2) is 54.7 Å². The molecule has 1 aliphatic heterocycles. The lowest BCUT2D eigenvalue weighted by Crippen LogP contribution is -2.37. The first-order chi connectivity index (χ1) is 13.9. The van der Waals surface area contributed by atoms with Crippen molar-refractivity contribution in [3.8, 4) is 0 Å². The van der Waals surface area contributed by atoms with E-state index >= 15 is 0 Å². The maximum atomic E-state index is 12.3. The number of rotatable bonds is 6. The quantitative estimate of drug-likeness (QED) is 0.408. The molecule has 0 bridgehead atoms. The molecule has 0 aromatic heterocycles. The minimum atomic E-state index is -0.830. The summed E-state index contributed by atoms with van der Waals surface area (Å²) in [5, 5.41) is 5.02. The zero-order valence-electron chi connectivity index (χ0n) is 15.8. The third-order valence-corrected chi connectivity index (χ3v) is 4.91. The SMILES string of the molecule is CNC(=O)c1ccc(NC(=O)COC(=O)CN2C(=O)[C@H]3CC=CC[C@@H]3C2=O)cc1. The highest BCUT2D eigenvalue weighted by Gasteiger charge is 2.47. The minimum Gasteiger partial charge on any atom is -0.454 e. The topological polar surface area (TPSA) is 122 Å². The lowest BCUT2D eigenvalue weighted by Gasteiger charge is -2.14. The number of amides is 4. The van der Waals surface area contributed by atoms with Gasteiger partial charge in [-0.05, 0) is 37.1 Å². The van der Waals surface area contributed by atoms with Crippen LogP contribution >= 0.6 is 0 Å². The molecule has 3 rings (SSSR count). The molecule has 0 radical (unpaired) electrons. The minimum absolute atomic E-state index is 0.251. The van der Waals surface area contributed by atoms with Crippen LogP contribution in [0.2, 0.25) is 0 Å². The Kier molecular flexibility index (Phi) is 6.06. The second-order valence-electron chi connectivity index (χ2n) is 6.78. The molecule has 0 saturated carbocycles. The van der Waals surface area contributed by atoms with Gasteiger partial charge in [0.25, 0.3) is 11.8 Å². The maximum absolute atomic E-state index is 12.3. The summed E-state index contributed by atoms with van der Waals surface area (Å²) in [5.41, 5.74) is 0.868. The van der Waals surface area contributed by atoms with Gasteiger partial charge in [0.2, 0.25) is 11.8 Å². The van der Waals surface area contributed by atoms with Crippen LogP contribution in [0.1, 0.15) is 23.2 Å². The molecule has 9 nitrogen and oxygen atoms in total. The zero-order valence-corrected chi connectivity index (χ0v) is 15.8. The number of nitrogens with one attached hydrogen (secondary N) is 2. The number of anilines is 1. The first-order valence-corrected chi connectivity index (χ1v) is 9.18. The Balaban J connectivity index is 1.47. The zero-order chi connectivity index (χ0) is 21.0. The van der Waals surface area contributed by atoms with Gasteiger partial charge in [-0.1, -0.05) is 12.2 Å². The van der Waals surface area contributed by atoms with Crippen LogP contribution in [0.3, 0.4) is 0 Å². The van der Waals surface area contributed by atoms with Crippen LogP contribution in [0.5, 0.6) is 0 Å². The second-order valence-corrected chi connectivity index (χ2v) is 6.78. The van der Waals surface area contributed by atoms with Gasteiger partial charge >= 0.3 is 5.97 Å². The Hall–Kier alpha value is -3.49. The second kappa shape index (κ2) is 8.68. The van der Waals surface area contributed by atoms with E-state index in [1.54, 1.807) is 24.3 Å². The van der Waals surface area contributed by atoms with E-state index < -0.39 is 36.9 Å². The number of esters is 1. The first kappa shape index (κ1) is 20.2. The van der Waals surface area contributed by atoms with Crippen LogP contribution in [-0.2, 0) is 23.9 Å². The monoisotopic (exact) mass is 399 g/mol. The predicted octanol–water partition coefficient (Wildman–Crippen LogP) is 0.479. The fourth-order valence-corrected chi connectivity index (χ4v) is 3.39. The van der Waals surface area contributed by atoms with Crippen molar-refractivity contribution < 1.29 is 28.7 Å². The molecule has 0 unspecified atom stereocenters. The average Bonchev–Trinajstić information content (AvgIpc) is 2.97. The number of hydrogen-bond acceptors (Lipinski definition) is 6. The molecule has 9 heteroatoms. The lowest BCUT2D eigenvalue weighted by molar-refractivity contribution is -0.154. The van der Waals surface area contributed by atoms with Gasteiger partial charge in [0.1, 0.15) is 6.54 Å². The molecule has 29 heavy (non-hydrogen) atoms. The van der Waals surface area contributed by atoms with Gasteiger partial charge in [0, 0.05) is 18.3 Å². The van der Waals surface area contributed by atoms with Gasteiger partial charge in [0.15, 0.2) is 6.61 Å². The highest BCUT2D eigenvalue weighted by atomic mass is 16.5. The van der Waals surface area contributed by atoms with Gasteiger partial charge in [-0.2, -0.15) is 0 Å². The van der Waals surface area contributed by atoms with Crippen molar-refractivity contribution in [2.45, 2.75) is 12.8 Å². The number of likely N-dealkylation sites (tertiary alicyclic amines) is 1. The third-order valence-electron chi connectivity index (χ3n) is 4.91. The highest BCUT2D eigenvalue weighted by Crippen LogP contribution is 2.34. The molecule has 152 valence electrons. The number of fused-ring (bicyclic) bond motifs is 1. The molecule has 1 aliphatic carbocycles. The smallest absolute Gasteiger partial charge is 0.326 e. The summed E-state index contributed by atoms with van der Waals surface area (Å²) < 4.78 is 4.89. The standard InChI is InChI=1S/C20H21N3O6/c1-21-18(26)12-6-8-13(9-7-12)22-16(24)11-29-17(25)10-23-19(27)14-4-2-3-5-15(14)20(23)28/h2-3,6-9,14-15H,4-5,10-11H2,1H3,(H,21,26)(H,22,24)/t14-,15-/m0/s1. The molecule has 1 saturated heterocycles. The summed E-state index contributed by atoms with van der Waals surface area (Å²) in [6, 6.07) is 6.17. The maximum Gasteiger partial charge on any atom is 0.326 e. The number of nitrogens with zero attached hydrogens (tertiary/aromatic N) is 1. The molecule has 2 atom stereocenters. The Bertz CT molecular complexity index is 851. The average molecular weight is 399 g/mol. The molecule has 2 N–H and O–H groups in total. The fraction of sp³-hybridized carbons (Fsp3) is 0.350. The molecular formula is C20H21N3O6. The number of imide groups is 1. The number of benzene rings is 1. The van der Waals surface area contributed by atoms with E-state index in [0.717, 1.165) is 4.90 Å². The lowest BCUT2D eigenvalue weighted by atomic mass is 9.85. The van der Waals surface area contributed by atoms with Crippen LogP contribution in [0, 0.1) is 11.8 Å². The van der Waals surface area contributed by atoms with Gasteiger partial charge in [0.05, 0.1) is 11.8 Å². The van der Waals surface area contributed by atoms with E-state index in [4.69, 9.17) is 4.74 Å². The number of carbonyl (C=O) groups excluding carboxylic acids is 5. The Morgan fingerprint density at radius 2 is 1.62 bits per heavy atom. The molecule has 1 aromatic rings. The molecule has 4 amide bonds. The van der Waals surface area contributed by atoms with Crippen LogP contribution in [0.15, 0.2) is 36.4 Å². The largest absolute Gasteiger partial charge is 0.454 e. The third kappa shape index (κ3) is 4.50. The molecular weight excluding hydrogens is 378 g/mol. The van der Waals surface area contributed by atoms with Crippen molar-refractivity contribution in [3.63, 3.8) is 0 Å². The number of allylic oxidation sites excluding steroid dienone is 2. The summed E-state index contributed by atoms with van der Waals surface area (Å²) >= 11 is 0. The van der Waals surface area contributed by atoms with Crippen molar-refractivity contribution in [2.24, 2.45) is 11.8 Å². The highest BCUT2D eigenvalue weighted by molar-refractivity contribution is 6.07. The van der Waals surface area contributed by atoms with E-state index in [2.05, 4.69) is 10.6 Å². The van der Waals surface area contributed by atoms with Gasteiger partial charge < -0.3 is 15.4 Å². The van der Waals surface area contributed by atoms with Crippen molar-refractivity contribution in [2.75, 3.05) is 25.5 Å². The van der Waals surface area contributed by atoms with Crippen molar-refractivity contribution in [1.29, 1.82) is 0 Å². The summed E-state index contributed by atoms with van der Waals surface area (Å²) in [4.78, 5) is 61.0. The van der Waals surface area contributed by atoms with E-state index in [1.165, 1.54) is 7.05 Å². The Morgan fingerprint density at radius 3 is 2.17 bits per heavy atom. The molecule has 0 spiro atoms. The predicted molar refractivity (Wildman–Crippen MR) is 101 cm³/mol. The van der Waals surface area contributed by atoms with Crippen LogP contribution < -0.4 is 10.6 Å². The first-order valence-electron chi connectivity index (χ1n) is 9.18. The summed E-state index contributed by atoms with van der Waals surface area (Å²) in [5.74, 6) is -3.24. The van der Waals surface area contributed by atoms with Crippen LogP contribution in [0.25, 0.3) is 0 Å². The summed E-state index contributed by atoms with van der Waals surface area (Å²) in [6.45, 7) is -1.06. The number of ether oxygens (including phenoxy) is 1. The van der Waals surface area contributed by atoms with Crippen molar-refractivity contribution >= 4 is 35.3 Å². The van der Waals surface area contributed by atoms with Crippen LogP contribution in [0.4, 0.5) is 5.69 Å².